The third-order valence-electron chi connectivity index (χ3n) is 5.30. The minimum atomic E-state index is 0.539. The van der Waals surface area contributed by atoms with E-state index >= 15 is 0 Å². The number of fused-ring (bicyclic) bond motifs is 1. The van der Waals surface area contributed by atoms with Crippen molar-refractivity contribution < 1.29 is 9.47 Å². The number of rotatable bonds is 5. The summed E-state index contributed by atoms with van der Waals surface area (Å²) < 4.78 is 11.0. The van der Waals surface area contributed by atoms with Crippen molar-refractivity contribution in [3.63, 3.8) is 0 Å². The van der Waals surface area contributed by atoms with Crippen LogP contribution in [-0.2, 0) is 0 Å². The van der Waals surface area contributed by atoms with Crippen LogP contribution in [0.4, 0.5) is 5.82 Å². The third-order valence-corrected chi connectivity index (χ3v) is 5.30. The average molecular weight is 326 g/mol. The molecule has 0 radical (unpaired) electrons. The van der Waals surface area contributed by atoms with Crippen molar-refractivity contribution in [3.05, 3.63) is 23.9 Å². The summed E-state index contributed by atoms with van der Waals surface area (Å²) in [6, 6.07) is 6.90. The van der Waals surface area contributed by atoms with Crippen LogP contribution in [0.1, 0.15) is 56.6 Å². The maximum Gasteiger partial charge on any atom is 0.161 e. The van der Waals surface area contributed by atoms with Gasteiger partial charge in [-0.2, -0.15) is 0 Å². The van der Waals surface area contributed by atoms with E-state index < -0.39 is 0 Å². The fourth-order valence-corrected chi connectivity index (χ4v) is 3.74. The lowest BCUT2D eigenvalue weighted by molar-refractivity contribution is 0.356. The van der Waals surface area contributed by atoms with E-state index in [4.69, 9.17) is 14.5 Å². The highest BCUT2D eigenvalue weighted by Gasteiger charge is 2.27. The van der Waals surface area contributed by atoms with Crippen LogP contribution in [-0.4, -0.2) is 25.2 Å². The number of nitrogens with zero attached hydrogens (tertiary/aromatic N) is 1. The molecule has 0 spiro atoms. The minimum absolute atomic E-state index is 0.539. The predicted molar refractivity (Wildman–Crippen MR) is 97.3 cm³/mol. The largest absolute Gasteiger partial charge is 0.493 e. The van der Waals surface area contributed by atoms with Crippen molar-refractivity contribution >= 4 is 16.6 Å². The highest BCUT2D eigenvalue weighted by Crippen LogP contribution is 2.43. The molecule has 1 aromatic heterocycles. The third kappa shape index (κ3) is 3.02. The van der Waals surface area contributed by atoms with Crippen LogP contribution in [0.25, 0.3) is 10.8 Å². The van der Waals surface area contributed by atoms with Gasteiger partial charge >= 0.3 is 0 Å². The first-order valence-corrected chi connectivity index (χ1v) is 9.11. The molecule has 0 atom stereocenters. The molecule has 0 bridgehead atoms. The Bertz CT molecular complexity index is 734. The number of hydrogen-bond acceptors (Lipinski definition) is 4. The van der Waals surface area contributed by atoms with Crippen molar-refractivity contribution in [2.75, 3.05) is 19.5 Å². The first kappa shape index (κ1) is 15.6. The van der Waals surface area contributed by atoms with Gasteiger partial charge in [0.2, 0.25) is 0 Å². The molecule has 2 aliphatic carbocycles. The maximum absolute atomic E-state index is 5.50. The number of aromatic nitrogens is 1. The highest BCUT2D eigenvalue weighted by atomic mass is 16.5. The topological polar surface area (TPSA) is 43.4 Å². The lowest BCUT2D eigenvalue weighted by atomic mass is 9.95. The number of anilines is 1. The highest BCUT2D eigenvalue weighted by molar-refractivity contribution is 5.95. The van der Waals surface area contributed by atoms with Crippen molar-refractivity contribution in [2.45, 2.75) is 56.9 Å². The minimum Gasteiger partial charge on any atom is -0.493 e. The first-order valence-electron chi connectivity index (χ1n) is 9.11. The van der Waals surface area contributed by atoms with Gasteiger partial charge in [0.1, 0.15) is 5.82 Å². The molecule has 0 unspecified atom stereocenters. The second-order valence-corrected chi connectivity index (χ2v) is 7.08. The maximum atomic E-state index is 5.50. The van der Waals surface area contributed by atoms with Gasteiger partial charge in [-0.3, -0.25) is 0 Å². The molecule has 128 valence electrons. The summed E-state index contributed by atoms with van der Waals surface area (Å²) in [4.78, 5) is 4.98. The molecule has 0 saturated heterocycles. The summed E-state index contributed by atoms with van der Waals surface area (Å²) in [7, 11) is 3.37. The molecule has 4 heteroatoms. The molecule has 0 aliphatic heterocycles. The predicted octanol–water partition coefficient (Wildman–Crippen LogP) is 4.87. The lowest BCUT2D eigenvalue weighted by Gasteiger charge is -2.24. The molecule has 0 amide bonds. The lowest BCUT2D eigenvalue weighted by Crippen LogP contribution is -2.23. The van der Waals surface area contributed by atoms with Crippen LogP contribution in [0.2, 0.25) is 0 Å². The number of methoxy groups -OCH3 is 2. The van der Waals surface area contributed by atoms with Crippen LogP contribution in [0.3, 0.4) is 0 Å². The standard InChI is InChI=1S/C20H26N2O2/c1-23-18-11-14-10-17(13-8-9-13)22-20(16(14)12-19(18)24-2)21-15-6-4-3-5-7-15/h10-13,15H,3-9H2,1-2H3,(H,21,22). The zero-order chi connectivity index (χ0) is 16.5. The van der Waals surface area contributed by atoms with Crippen LogP contribution >= 0.6 is 0 Å². The Labute approximate surface area is 143 Å². The van der Waals surface area contributed by atoms with Gasteiger partial charge in [-0.25, -0.2) is 4.98 Å². The molecule has 2 aromatic rings. The van der Waals surface area contributed by atoms with Gasteiger partial charge < -0.3 is 14.8 Å². The molecule has 24 heavy (non-hydrogen) atoms. The molecule has 1 heterocycles. The van der Waals surface area contributed by atoms with E-state index in [1.165, 1.54) is 56.0 Å². The fourth-order valence-electron chi connectivity index (χ4n) is 3.74. The second kappa shape index (κ2) is 6.50. The molecule has 2 aliphatic rings. The average Bonchev–Trinajstić information content (AvgIpc) is 3.46. The molecular formula is C20H26N2O2. The number of ether oxygens (including phenoxy) is 2. The van der Waals surface area contributed by atoms with Gasteiger partial charge in [-0.15, -0.1) is 0 Å². The summed E-state index contributed by atoms with van der Waals surface area (Å²) >= 11 is 0. The molecule has 2 fully saturated rings. The van der Waals surface area contributed by atoms with E-state index in [1.54, 1.807) is 14.2 Å². The SMILES string of the molecule is COc1cc2cc(C3CC3)nc(NC3CCCCC3)c2cc1OC. The molecule has 1 N–H and O–H groups in total. The van der Waals surface area contributed by atoms with Gasteiger partial charge in [0.05, 0.1) is 14.2 Å². The summed E-state index contributed by atoms with van der Waals surface area (Å²) in [6.45, 7) is 0. The van der Waals surface area contributed by atoms with E-state index in [-0.39, 0.29) is 0 Å². The Morgan fingerprint density at radius 1 is 0.917 bits per heavy atom. The monoisotopic (exact) mass is 326 g/mol. The summed E-state index contributed by atoms with van der Waals surface area (Å²) in [5.74, 6) is 3.19. The van der Waals surface area contributed by atoms with Crippen LogP contribution in [0, 0.1) is 0 Å². The smallest absolute Gasteiger partial charge is 0.161 e. The van der Waals surface area contributed by atoms with E-state index in [1.807, 2.05) is 0 Å². The van der Waals surface area contributed by atoms with E-state index in [0.717, 1.165) is 22.7 Å². The molecule has 4 nitrogen and oxygen atoms in total. The summed E-state index contributed by atoms with van der Waals surface area (Å²) in [6.07, 6.45) is 8.99. The Morgan fingerprint density at radius 2 is 1.62 bits per heavy atom. The molecule has 1 aromatic carbocycles. The second-order valence-electron chi connectivity index (χ2n) is 7.08. The number of hydrogen-bond donors (Lipinski definition) is 1. The Hall–Kier alpha value is -1.97. The van der Waals surface area contributed by atoms with Gasteiger partial charge in [-0.1, -0.05) is 19.3 Å². The number of benzene rings is 1. The Morgan fingerprint density at radius 3 is 2.29 bits per heavy atom. The van der Waals surface area contributed by atoms with Crippen molar-refractivity contribution in [2.24, 2.45) is 0 Å². The molecule has 4 rings (SSSR count). The Kier molecular flexibility index (Phi) is 4.21. The van der Waals surface area contributed by atoms with E-state index in [0.29, 0.717) is 12.0 Å². The first-order chi connectivity index (χ1) is 11.8. The quantitative estimate of drug-likeness (QED) is 0.851. The number of pyridine rings is 1. The van der Waals surface area contributed by atoms with Gasteiger partial charge in [0, 0.05) is 23.0 Å². The normalized spacial score (nSPS) is 18.6. The van der Waals surface area contributed by atoms with Crippen molar-refractivity contribution in [1.29, 1.82) is 0 Å². The van der Waals surface area contributed by atoms with Crippen LogP contribution < -0.4 is 14.8 Å². The van der Waals surface area contributed by atoms with E-state index in [9.17, 15) is 0 Å². The fraction of sp³-hybridized carbons (Fsp3) is 0.550. The number of nitrogens with one attached hydrogen (secondary N) is 1. The van der Waals surface area contributed by atoms with Crippen LogP contribution in [0.5, 0.6) is 11.5 Å². The molecular weight excluding hydrogens is 300 g/mol. The van der Waals surface area contributed by atoms with Gasteiger partial charge in [0.25, 0.3) is 0 Å². The van der Waals surface area contributed by atoms with E-state index in [2.05, 4.69) is 23.5 Å². The van der Waals surface area contributed by atoms with Gasteiger partial charge in [0.15, 0.2) is 11.5 Å². The van der Waals surface area contributed by atoms with Crippen LogP contribution in [0.15, 0.2) is 18.2 Å². The summed E-state index contributed by atoms with van der Waals surface area (Å²) in [5, 5.41) is 6.04. The molecule has 2 saturated carbocycles. The van der Waals surface area contributed by atoms with Crippen molar-refractivity contribution in [1.82, 2.24) is 4.98 Å². The zero-order valence-corrected chi connectivity index (χ0v) is 14.6. The Balaban J connectivity index is 1.78. The zero-order valence-electron chi connectivity index (χ0n) is 14.6. The van der Waals surface area contributed by atoms with Crippen molar-refractivity contribution in [3.8, 4) is 11.5 Å². The summed E-state index contributed by atoms with van der Waals surface area (Å²) in [5.41, 5.74) is 1.22. The van der Waals surface area contributed by atoms with Gasteiger partial charge in [-0.05, 0) is 49.3 Å².